The van der Waals surface area contributed by atoms with E-state index in [2.05, 4.69) is 5.32 Å². The third-order valence-corrected chi connectivity index (χ3v) is 2.85. The molecule has 0 heterocycles. The van der Waals surface area contributed by atoms with Gasteiger partial charge in [-0.3, -0.25) is 4.79 Å². The number of aliphatic hydroxyl groups is 1. The lowest BCUT2D eigenvalue weighted by molar-refractivity contribution is -0.116. The molecule has 1 amide bonds. The van der Waals surface area contributed by atoms with E-state index < -0.39 is 0 Å². The van der Waals surface area contributed by atoms with Crippen LogP contribution < -0.4 is 11.1 Å². The number of hydrogen-bond donors (Lipinski definition) is 3. The second-order valence-electron chi connectivity index (χ2n) is 4.72. The standard InChI is InChI=1S/C15H22N2O2/c1-12(11-18)3-2-10-17-15(19)9-6-13-4-7-14(16)8-5-13/h4-9,12,18H,2-3,10-11,16H2,1H3,(H,17,19)/b9-6+. The van der Waals surface area contributed by atoms with Crippen LogP contribution in [0.3, 0.4) is 0 Å². The van der Waals surface area contributed by atoms with Gasteiger partial charge in [-0.25, -0.2) is 0 Å². The van der Waals surface area contributed by atoms with Crippen LogP contribution in [0.25, 0.3) is 6.08 Å². The maximum absolute atomic E-state index is 11.5. The van der Waals surface area contributed by atoms with Gasteiger partial charge in [-0.15, -0.1) is 0 Å². The molecular weight excluding hydrogens is 240 g/mol. The molecule has 0 saturated carbocycles. The Balaban J connectivity index is 2.25. The Morgan fingerprint density at radius 3 is 2.74 bits per heavy atom. The number of benzene rings is 1. The predicted molar refractivity (Wildman–Crippen MR) is 78.4 cm³/mol. The van der Waals surface area contributed by atoms with E-state index in [1.807, 2.05) is 19.1 Å². The van der Waals surface area contributed by atoms with E-state index in [1.54, 1.807) is 18.2 Å². The number of nitrogen functional groups attached to an aromatic ring is 1. The van der Waals surface area contributed by atoms with E-state index in [1.165, 1.54) is 6.08 Å². The third-order valence-electron chi connectivity index (χ3n) is 2.85. The van der Waals surface area contributed by atoms with Crippen LogP contribution in [0.2, 0.25) is 0 Å². The van der Waals surface area contributed by atoms with Crippen molar-refractivity contribution in [1.29, 1.82) is 0 Å². The Labute approximate surface area is 114 Å². The average molecular weight is 262 g/mol. The molecule has 1 atom stereocenters. The van der Waals surface area contributed by atoms with E-state index in [0.29, 0.717) is 18.2 Å². The van der Waals surface area contributed by atoms with E-state index in [9.17, 15) is 4.79 Å². The van der Waals surface area contributed by atoms with Crippen molar-refractivity contribution in [1.82, 2.24) is 5.32 Å². The molecule has 0 spiro atoms. The van der Waals surface area contributed by atoms with Crippen molar-refractivity contribution >= 4 is 17.7 Å². The average Bonchev–Trinajstić information content (AvgIpc) is 2.42. The largest absolute Gasteiger partial charge is 0.399 e. The van der Waals surface area contributed by atoms with Crippen molar-refractivity contribution in [3.8, 4) is 0 Å². The number of amides is 1. The number of aliphatic hydroxyl groups excluding tert-OH is 1. The zero-order chi connectivity index (χ0) is 14.1. The molecule has 1 unspecified atom stereocenters. The first-order chi connectivity index (χ1) is 9.11. The van der Waals surface area contributed by atoms with E-state index in [-0.39, 0.29) is 12.5 Å². The monoisotopic (exact) mass is 262 g/mol. The molecule has 1 rings (SSSR count). The molecule has 0 aromatic heterocycles. The second-order valence-corrected chi connectivity index (χ2v) is 4.72. The van der Waals surface area contributed by atoms with Gasteiger partial charge in [0, 0.05) is 24.9 Å². The van der Waals surface area contributed by atoms with Crippen molar-refractivity contribution in [3.63, 3.8) is 0 Å². The number of hydrogen-bond acceptors (Lipinski definition) is 3. The second kappa shape index (κ2) is 8.32. The molecule has 0 radical (unpaired) electrons. The molecule has 4 heteroatoms. The highest BCUT2D eigenvalue weighted by atomic mass is 16.3. The Hall–Kier alpha value is -1.81. The van der Waals surface area contributed by atoms with Crippen molar-refractivity contribution in [3.05, 3.63) is 35.9 Å². The minimum Gasteiger partial charge on any atom is -0.399 e. The summed E-state index contributed by atoms with van der Waals surface area (Å²) in [6.07, 6.45) is 5.06. The summed E-state index contributed by atoms with van der Waals surface area (Å²) in [7, 11) is 0. The molecule has 1 aromatic rings. The summed E-state index contributed by atoms with van der Waals surface area (Å²) in [4.78, 5) is 11.5. The van der Waals surface area contributed by atoms with Gasteiger partial charge >= 0.3 is 0 Å². The van der Waals surface area contributed by atoms with Gasteiger partial charge in [0.15, 0.2) is 0 Å². The summed E-state index contributed by atoms with van der Waals surface area (Å²) in [6, 6.07) is 7.33. The van der Waals surface area contributed by atoms with Gasteiger partial charge in [-0.1, -0.05) is 19.1 Å². The molecule has 104 valence electrons. The van der Waals surface area contributed by atoms with Crippen molar-refractivity contribution < 1.29 is 9.90 Å². The summed E-state index contributed by atoms with van der Waals surface area (Å²) in [5.74, 6) is 0.190. The summed E-state index contributed by atoms with van der Waals surface area (Å²) in [5, 5.41) is 11.7. The summed E-state index contributed by atoms with van der Waals surface area (Å²) in [6.45, 7) is 2.82. The Morgan fingerprint density at radius 2 is 2.11 bits per heavy atom. The van der Waals surface area contributed by atoms with Crippen molar-refractivity contribution in [2.75, 3.05) is 18.9 Å². The minimum atomic E-state index is -0.103. The number of nitrogens with one attached hydrogen (secondary N) is 1. The maximum atomic E-state index is 11.5. The molecular formula is C15H22N2O2. The zero-order valence-electron chi connectivity index (χ0n) is 11.3. The van der Waals surface area contributed by atoms with Gasteiger partial charge in [0.25, 0.3) is 0 Å². The van der Waals surface area contributed by atoms with Crippen LogP contribution in [0.1, 0.15) is 25.3 Å². The fourth-order valence-corrected chi connectivity index (χ4v) is 1.59. The van der Waals surface area contributed by atoms with E-state index in [0.717, 1.165) is 18.4 Å². The van der Waals surface area contributed by atoms with Gasteiger partial charge in [0.2, 0.25) is 5.91 Å². The number of anilines is 1. The van der Waals surface area contributed by atoms with Crippen LogP contribution >= 0.6 is 0 Å². The minimum absolute atomic E-state index is 0.103. The molecule has 0 fully saturated rings. The van der Waals surface area contributed by atoms with Crippen LogP contribution in [-0.4, -0.2) is 24.2 Å². The van der Waals surface area contributed by atoms with E-state index in [4.69, 9.17) is 10.8 Å². The summed E-state index contributed by atoms with van der Waals surface area (Å²) >= 11 is 0. The lowest BCUT2D eigenvalue weighted by atomic mass is 10.1. The van der Waals surface area contributed by atoms with Gasteiger partial charge in [0.1, 0.15) is 0 Å². The Morgan fingerprint density at radius 1 is 1.42 bits per heavy atom. The topological polar surface area (TPSA) is 75.3 Å². The SMILES string of the molecule is CC(CO)CCCNC(=O)/C=C/c1ccc(N)cc1. The highest BCUT2D eigenvalue weighted by Crippen LogP contribution is 2.07. The van der Waals surface area contributed by atoms with Crippen molar-refractivity contribution in [2.45, 2.75) is 19.8 Å². The molecule has 0 aliphatic heterocycles. The summed E-state index contributed by atoms with van der Waals surface area (Å²) < 4.78 is 0. The number of carbonyl (C=O) groups excluding carboxylic acids is 1. The first-order valence-electron chi connectivity index (χ1n) is 6.54. The fraction of sp³-hybridized carbons (Fsp3) is 0.400. The number of rotatable bonds is 7. The molecule has 0 bridgehead atoms. The normalized spacial score (nSPS) is 12.5. The molecule has 4 nitrogen and oxygen atoms in total. The zero-order valence-corrected chi connectivity index (χ0v) is 11.3. The maximum Gasteiger partial charge on any atom is 0.243 e. The lowest BCUT2D eigenvalue weighted by Gasteiger charge is -2.07. The highest BCUT2D eigenvalue weighted by Gasteiger charge is 2.00. The molecule has 4 N–H and O–H groups in total. The third kappa shape index (κ3) is 6.62. The lowest BCUT2D eigenvalue weighted by Crippen LogP contribution is -2.22. The van der Waals surface area contributed by atoms with Crippen LogP contribution in [0, 0.1) is 5.92 Å². The first-order valence-corrected chi connectivity index (χ1v) is 6.54. The predicted octanol–water partition coefficient (Wildman–Crippen LogP) is 1.81. The molecule has 19 heavy (non-hydrogen) atoms. The molecule has 0 aliphatic carbocycles. The quantitative estimate of drug-likeness (QED) is 0.398. The molecule has 1 aromatic carbocycles. The summed E-state index contributed by atoms with van der Waals surface area (Å²) in [5.41, 5.74) is 7.23. The Kier molecular flexibility index (Phi) is 6.68. The van der Waals surface area contributed by atoms with E-state index >= 15 is 0 Å². The number of carbonyl (C=O) groups is 1. The number of nitrogens with two attached hydrogens (primary N) is 1. The molecule has 0 aliphatic rings. The van der Waals surface area contributed by atoms with Crippen LogP contribution in [0.4, 0.5) is 5.69 Å². The Bertz CT molecular complexity index is 413. The van der Waals surface area contributed by atoms with Gasteiger partial charge in [-0.2, -0.15) is 0 Å². The fourth-order valence-electron chi connectivity index (χ4n) is 1.59. The highest BCUT2D eigenvalue weighted by molar-refractivity contribution is 5.91. The van der Waals surface area contributed by atoms with Crippen LogP contribution in [0.15, 0.2) is 30.3 Å². The smallest absolute Gasteiger partial charge is 0.243 e. The van der Waals surface area contributed by atoms with Crippen molar-refractivity contribution in [2.24, 2.45) is 5.92 Å². The molecule has 0 saturated heterocycles. The van der Waals surface area contributed by atoms with Gasteiger partial charge in [-0.05, 0) is 42.5 Å². The van der Waals surface area contributed by atoms with Gasteiger partial charge in [0.05, 0.1) is 0 Å². The first kappa shape index (κ1) is 15.2. The van der Waals surface area contributed by atoms with Crippen LogP contribution in [-0.2, 0) is 4.79 Å². The van der Waals surface area contributed by atoms with Crippen LogP contribution in [0.5, 0.6) is 0 Å². The van der Waals surface area contributed by atoms with Gasteiger partial charge < -0.3 is 16.2 Å².